The number of carbonyl (C=O) groups is 2. The van der Waals surface area contributed by atoms with Gasteiger partial charge in [-0.3, -0.25) is 9.59 Å². The van der Waals surface area contributed by atoms with Gasteiger partial charge < -0.3 is 39.7 Å². The maximum absolute atomic E-state index is 13.0. The third-order valence-electron chi connectivity index (χ3n) is 15.6. The highest BCUT2D eigenvalue weighted by molar-refractivity contribution is 5.76. The van der Waals surface area contributed by atoms with Crippen molar-refractivity contribution < 1.29 is 49.3 Å². The molecule has 5 fully saturated rings. The molecule has 0 spiro atoms. The van der Waals surface area contributed by atoms with Crippen LogP contribution in [-0.2, 0) is 23.8 Å². The summed E-state index contributed by atoms with van der Waals surface area (Å²) >= 11 is 0. The van der Waals surface area contributed by atoms with E-state index >= 15 is 0 Å². The van der Waals surface area contributed by atoms with Gasteiger partial charge >= 0.3 is 11.9 Å². The van der Waals surface area contributed by atoms with Gasteiger partial charge in [0.15, 0.2) is 6.29 Å². The van der Waals surface area contributed by atoms with E-state index in [0.717, 1.165) is 51.4 Å². The van der Waals surface area contributed by atoms with E-state index in [-0.39, 0.29) is 46.7 Å². The zero-order valence-electron chi connectivity index (χ0n) is 30.0. The number of rotatable bonds is 6. The topological polar surface area (TPSA) is 163 Å². The summed E-state index contributed by atoms with van der Waals surface area (Å²) in [5, 5.41) is 53.8. The van der Waals surface area contributed by atoms with Gasteiger partial charge in [-0.15, -0.1) is 0 Å². The molecule has 14 atom stereocenters. The van der Waals surface area contributed by atoms with Crippen LogP contribution in [0.25, 0.3) is 0 Å². The largest absolute Gasteiger partial charge is 0.481 e. The van der Waals surface area contributed by atoms with E-state index in [1.54, 1.807) is 0 Å². The molecule has 0 aromatic heterocycles. The van der Waals surface area contributed by atoms with E-state index in [0.29, 0.717) is 18.8 Å². The van der Waals surface area contributed by atoms with Crippen molar-refractivity contribution in [2.45, 2.75) is 149 Å². The lowest BCUT2D eigenvalue weighted by molar-refractivity contribution is -0.333. The minimum atomic E-state index is -1.55. The van der Waals surface area contributed by atoms with E-state index in [1.165, 1.54) is 12.5 Å². The number of aliphatic hydroxyl groups is 4. The summed E-state index contributed by atoms with van der Waals surface area (Å²) in [6.07, 6.45) is 3.46. The summed E-state index contributed by atoms with van der Waals surface area (Å²) < 4.78 is 17.4. The third kappa shape index (κ3) is 5.16. The van der Waals surface area contributed by atoms with Gasteiger partial charge in [-0.1, -0.05) is 53.2 Å². The molecule has 5 aliphatic carbocycles. The van der Waals surface area contributed by atoms with Crippen LogP contribution < -0.4 is 0 Å². The number of ether oxygens (including phenoxy) is 3. The smallest absolute Gasteiger partial charge is 0.310 e. The Morgan fingerprint density at radius 1 is 0.896 bits per heavy atom. The normalized spacial score (nSPS) is 51.3. The number of esters is 1. The van der Waals surface area contributed by atoms with Gasteiger partial charge in [0, 0.05) is 12.3 Å². The van der Waals surface area contributed by atoms with Crippen LogP contribution in [0.5, 0.6) is 0 Å². The van der Waals surface area contributed by atoms with Crippen molar-refractivity contribution in [2.24, 2.45) is 50.2 Å². The van der Waals surface area contributed by atoms with Crippen molar-refractivity contribution in [1.29, 1.82) is 0 Å². The standard InChI is InChI=1S/C38H60O10/c1-21(40)46-19-24-28(41)29(42)30(43)31(47-24)48-27-11-12-34(4)25(35(27,5)20-39)10-13-37(7)26(34)9-8-22-23-18-33(2,3)14-16-38(23,32(44)45)17-15-36(22,37)6/h8,23-31,39,41-43H,9-20H2,1-7H3,(H,44,45)/t23-,24?,25+,26+,27-,28?,29?,30?,31?,34-,35-,36+,37+,38-/m0/s1. The first-order valence-electron chi connectivity index (χ1n) is 18.3. The Bertz CT molecular complexity index is 1310. The summed E-state index contributed by atoms with van der Waals surface area (Å²) in [5.41, 5.74) is -0.129. The van der Waals surface area contributed by atoms with Crippen LogP contribution in [0.2, 0.25) is 0 Å². The average Bonchev–Trinajstić information content (AvgIpc) is 3.01. The Labute approximate surface area is 285 Å². The van der Waals surface area contributed by atoms with Crippen LogP contribution in [0, 0.1) is 50.2 Å². The monoisotopic (exact) mass is 676 g/mol. The van der Waals surface area contributed by atoms with Crippen LogP contribution in [-0.4, -0.2) is 87.5 Å². The van der Waals surface area contributed by atoms with Crippen LogP contribution in [0.4, 0.5) is 0 Å². The molecule has 1 saturated heterocycles. The highest BCUT2D eigenvalue weighted by Gasteiger charge is 2.70. The molecule has 6 rings (SSSR count). The van der Waals surface area contributed by atoms with E-state index < -0.39 is 59.6 Å². The zero-order valence-corrected chi connectivity index (χ0v) is 30.0. The number of carboxylic acid groups (broad SMARTS) is 1. The second-order valence-corrected chi connectivity index (χ2v) is 18.3. The fraction of sp³-hybridized carbons (Fsp3) is 0.895. The number of allylic oxidation sites excluding steroid dienone is 2. The first kappa shape index (κ1) is 36.2. The Morgan fingerprint density at radius 3 is 2.23 bits per heavy atom. The molecule has 0 aromatic carbocycles. The minimum Gasteiger partial charge on any atom is -0.481 e. The van der Waals surface area contributed by atoms with Crippen molar-refractivity contribution in [2.75, 3.05) is 13.2 Å². The Morgan fingerprint density at radius 2 is 1.58 bits per heavy atom. The SMILES string of the molecule is CC(=O)OCC1OC(O[C@H]2CC[C@@]3(C)[C@@H](CC[C@]4(C)[C@@H]3CC=C3[C@@H]5CC(C)(C)CC[C@]5(C(=O)O)CC[C@]34C)[C@]2(C)CO)C(O)C(O)C1O. The van der Waals surface area contributed by atoms with Crippen LogP contribution >= 0.6 is 0 Å². The van der Waals surface area contributed by atoms with Crippen molar-refractivity contribution >= 4 is 11.9 Å². The molecular weight excluding hydrogens is 616 g/mol. The molecule has 10 heteroatoms. The fourth-order valence-corrected chi connectivity index (χ4v) is 12.4. The van der Waals surface area contributed by atoms with Crippen LogP contribution in [0.3, 0.4) is 0 Å². The number of carboxylic acids is 1. The molecule has 5 N–H and O–H groups in total. The van der Waals surface area contributed by atoms with E-state index in [9.17, 15) is 35.1 Å². The van der Waals surface area contributed by atoms with Gasteiger partial charge in [0.1, 0.15) is 31.0 Å². The summed E-state index contributed by atoms with van der Waals surface area (Å²) in [7, 11) is 0. The Balaban J connectivity index is 1.28. The second kappa shape index (κ2) is 12.0. The average molecular weight is 677 g/mol. The number of hydrogen-bond acceptors (Lipinski definition) is 9. The molecule has 0 amide bonds. The van der Waals surface area contributed by atoms with E-state index in [1.807, 2.05) is 0 Å². The number of hydrogen-bond donors (Lipinski definition) is 5. The maximum atomic E-state index is 13.0. The number of aliphatic hydroxyl groups excluding tert-OH is 4. The van der Waals surface area contributed by atoms with Gasteiger partial charge in [-0.2, -0.15) is 0 Å². The molecule has 0 aromatic rings. The minimum absolute atomic E-state index is 0.0362. The van der Waals surface area contributed by atoms with Crippen molar-refractivity contribution in [3.63, 3.8) is 0 Å². The molecule has 10 nitrogen and oxygen atoms in total. The van der Waals surface area contributed by atoms with Crippen molar-refractivity contribution in [1.82, 2.24) is 0 Å². The quantitative estimate of drug-likeness (QED) is 0.153. The fourth-order valence-electron chi connectivity index (χ4n) is 12.4. The van der Waals surface area contributed by atoms with Gasteiger partial charge in [0.2, 0.25) is 0 Å². The third-order valence-corrected chi connectivity index (χ3v) is 15.6. The Kier molecular flexibility index (Phi) is 9.07. The zero-order chi connectivity index (χ0) is 35.2. The lowest BCUT2D eigenvalue weighted by Gasteiger charge is -2.71. The van der Waals surface area contributed by atoms with Gasteiger partial charge in [-0.05, 0) is 104 Å². The molecule has 6 aliphatic rings. The molecule has 48 heavy (non-hydrogen) atoms. The highest BCUT2D eigenvalue weighted by atomic mass is 16.7. The molecule has 0 bridgehead atoms. The van der Waals surface area contributed by atoms with Crippen LogP contribution in [0.1, 0.15) is 113 Å². The molecule has 5 unspecified atom stereocenters. The summed E-state index contributed by atoms with van der Waals surface area (Å²) in [4.78, 5) is 24.4. The van der Waals surface area contributed by atoms with Gasteiger partial charge in [-0.25, -0.2) is 0 Å². The van der Waals surface area contributed by atoms with Gasteiger partial charge in [0.25, 0.3) is 0 Å². The molecular formula is C38H60O10. The molecule has 4 saturated carbocycles. The lowest BCUT2D eigenvalue weighted by Crippen LogP contribution is -2.67. The second-order valence-electron chi connectivity index (χ2n) is 18.3. The molecule has 0 radical (unpaired) electrons. The van der Waals surface area contributed by atoms with Gasteiger partial charge in [0.05, 0.1) is 18.1 Å². The van der Waals surface area contributed by atoms with E-state index in [2.05, 4.69) is 47.6 Å². The molecule has 1 heterocycles. The number of carbonyl (C=O) groups excluding carboxylic acids is 1. The van der Waals surface area contributed by atoms with Crippen molar-refractivity contribution in [3.05, 3.63) is 11.6 Å². The first-order valence-corrected chi connectivity index (χ1v) is 18.3. The first-order chi connectivity index (χ1) is 22.3. The number of aliphatic carboxylic acids is 1. The predicted molar refractivity (Wildman–Crippen MR) is 176 cm³/mol. The maximum Gasteiger partial charge on any atom is 0.310 e. The van der Waals surface area contributed by atoms with Crippen molar-refractivity contribution in [3.8, 4) is 0 Å². The Hall–Kier alpha value is -1.56. The molecule has 272 valence electrons. The van der Waals surface area contributed by atoms with E-state index in [4.69, 9.17) is 14.2 Å². The predicted octanol–water partition coefficient (Wildman–Crippen LogP) is 4.60. The summed E-state index contributed by atoms with van der Waals surface area (Å²) in [6.45, 7) is 14.8. The lowest BCUT2D eigenvalue weighted by atomic mass is 9.33. The highest BCUT2D eigenvalue weighted by Crippen LogP contribution is 2.76. The van der Waals surface area contributed by atoms with Crippen LogP contribution in [0.15, 0.2) is 11.6 Å². The molecule has 1 aliphatic heterocycles. The summed E-state index contributed by atoms with van der Waals surface area (Å²) in [5.74, 6) is -0.692. The summed E-state index contributed by atoms with van der Waals surface area (Å²) in [6, 6.07) is 0. The number of fused-ring (bicyclic) bond motifs is 7.